The summed E-state index contributed by atoms with van der Waals surface area (Å²) >= 11 is 0. The molecule has 1 amide bonds. The Kier molecular flexibility index (Phi) is 4.48. The first-order chi connectivity index (χ1) is 10.5. The molecule has 1 aromatic heterocycles. The van der Waals surface area contributed by atoms with Gasteiger partial charge in [0.05, 0.1) is 11.3 Å². The van der Waals surface area contributed by atoms with Crippen LogP contribution in [-0.2, 0) is 0 Å². The number of aromatic nitrogens is 1. The Morgan fingerprint density at radius 3 is 2.36 bits per heavy atom. The molecule has 0 unspecified atom stereocenters. The highest BCUT2D eigenvalue weighted by Crippen LogP contribution is 2.23. The van der Waals surface area contributed by atoms with Crippen molar-refractivity contribution < 1.29 is 4.79 Å². The van der Waals surface area contributed by atoms with Crippen LogP contribution in [0.1, 0.15) is 67.2 Å². The molecule has 22 heavy (non-hydrogen) atoms. The van der Waals surface area contributed by atoms with Gasteiger partial charge in [-0.25, -0.2) is 0 Å². The van der Waals surface area contributed by atoms with Crippen LogP contribution in [0.4, 0.5) is 0 Å². The van der Waals surface area contributed by atoms with Gasteiger partial charge in [0.1, 0.15) is 0 Å². The average molecular weight is 301 g/mol. The summed E-state index contributed by atoms with van der Waals surface area (Å²) in [7, 11) is 0. The molecule has 0 aromatic carbocycles. The third-order valence-corrected chi connectivity index (χ3v) is 4.76. The highest BCUT2D eigenvalue weighted by Gasteiger charge is 2.29. The maximum atomic E-state index is 12.7. The van der Waals surface area contributed by atoms with Crippen LogP contribution >= 0.6 is 0 Å². The van der Waals surface area contributed by atoms with Gasteiger partial charge in [0.25, 0.3) is 5.91 Å². The molecule has 120 valence electrons. The lowest BCUT2D eigenvalue weighted by molar-refractivity contribution is 0.0703. The minimum absolute atomic E-state index is 0.144. The lowest BCUT2D eigenvalue weighted by Crippen LogP contribution is -2.45. The van der Waals surface area contributed by atoms with E-state index in [1.54, 1.807) is 0 Å². The molecule has 0 atom stereocenters. The van der Waals surface area contributed by atoms with Gasteiger partial charge >= 0.3 is 0 Å². The molecule has 3 rings (SSSR count). The molecule has 1 N–H and O–H groups in total. The molecular formula is C18H27N3O. The van der Waals surface area contributed by atoms with Crippen LogP contribution in [-0.4, -0.2) is 41.0 Å². The van der Waals surface area contributed by atoms with Gasteiger partial charge in [0, 0.05) is 30.9 Å². The molecule has 4 nitrogen and oxygen atoms in total. The van der Waals surface area contributed by atoms with Gasteiger partial charge in [-0.3, -0.25) is 9.78 Å². The number of likely N-dealkylation sites (tertiary alicyclic amines) is 1. The lowest BCUT2D eigenvalue weighted by atomic mass is 10.0. The van der Waals surface area contributed by atoms with Crippen molar-refractivity contribution in [2.75, 3.05) is 13.1 Å². The van der Waals surface area contributed by atoms with E-state index in [0.29, 0.717) is 12.0 Å². The summed E-state index contributed by atoms with van der Waals surface area (Å²) in [6, 6.07) is 5.29. The van der Waals surface area contributed by atoms with Crippen LogP contribution in [0.5, 0.6) is 0 Å². The number of aryl methyl sites for hydroxylation is 1. The fraction of sp³-hybridized carbons (Fsp3) is 0.667. The van der Waals surface area contributed by atoms with Crippen molar-refractivity contribution in [1.82, 2.24) is 15.2 Å². The lowest BCUT2D eigenvalue weighted by Gasteiger charge is -2.33. The van der Waals surface area contributed by atoms with E-state index >= 15 is 0 Å². The first kappa shape index (κ1) is 15.5. The van der Waals surface area contributed by atoms with Gasteiger partial charge in [-0.05, 0) is 50.7 Å². The van der Waals surface area contributed by atoms with Crippen LogP contribution < -0.4 is 5.32 Å². The Balaban J connectivity index is 1.61. The van der Waals surface area contributed by atoms with Gasteiger partial charge in [-0.2, -0.15) is 0 Å². The zero-order chi connectivity index (χ0) is 15.7. The predicted molar refractivity (Wildman–Crippen MR) is 88.1 cm³/mol. The number of rotatable bonds is 4. The summed E-state index contributed by atoms with van der Waals surface area (Å²) < 4.78 is 0. The summed E-state index contributed by atoms with van der Waals surface area (Å²) in [5.74, 6) is 0.539. The normalized spacial score (nSPS) is 19.7. The number of carbonyl (C=O) groups is 1. The summed E-state index contributed by atoms with van der Waals surface area (Å²) in [6.45, 7) is 7.91. The number of piperidine rings is 1. The fourth-order valence-electron chi connectivity index (χ4n) is 3.13. The van der Waals surface area contributed by atoms with Crippen LogP contribution in [0, 0.1) is 6.92 Å². The second-order valence-corrected chi connectivity index (χ2v) is 7.03. The van der Waals surface area contributed by atoms with Crippen molar-refractivity contribution in [2.45, 2.75) is 64.5 Å². The van der Waals surface area contributed by atoms with Crippen molar-refractivity contribution in [1.29, 1.82) is 0 Å². The SMILES string of the molecule is Cc1nc(C(C)C)ccc1C(=O)N1CCC(NC2CC2)CC1. The van der Waals surface area contributed by atoms with Crippen LogP contribution in [0.15, 0.2) is 12.1 Å². The van der Waals surface area contributed by atoms with E-state index in [9.17, 15) is 4.79 Å². The summed E-state index contributed by atoms with van der Waals surface area (Å²) in [6.07, 6.45) is 4.79. The molecule has 1 aliphatic carbocycles. The number of hydrogen-bond acceptors (Lipinski definition) is 3. The summed E-state index contributed by atoms with van der Waals surface area (Å²) in [4.78, 5) is 19.3. The first-order valence-corrected chi connectivity index (χ1v) is 8.57. The molecular weight excluding hydrogens is 274 g/mol. The molecule has 2 aliphatic rings. The minimum atomic E-state index is 0.144. The van der Waals surface area contributed by atoms with Crippen molar-refractivity contribution in [3.63, 3.8) is 0 Å². The highest BCUT2D eigenvalue weighted by atomic mass is 16.2. The minimum Gasteiger partial charge on any atom is -0.338 e. The number of amides is 1. The maximum absolute atomic E-state index is 12.7. The maximum Gasteiger partial charge on any atom is 0.255 e. The van der Waals surface area contributed by atoms with Gasteiger partial charge in [0.2, 0.25) is 0 Å². The molecule has 0 spiro atoms. The summed E-state index contributed by atoms with van der Waals surface area (Å²) in [5, 5.41) is 3.67. The predicted octanol–water partition coefficient (Wildman–Crippen LogP) is 2.87. The smallest absolute Gasteiger partial charge is 0.255 e. The number of carbonyl (C=O) groups excluding carboxylic acids is 1. The van der Waals surface area contributed by atoms with Crippen LogP contribution in [0.3, 0.4) is 0 Å². The van der Waals surface area contributed by atoms with Gasteiger partial charge in [0.15, 0.2) is 0 Å². The molecule has 1 aromatic rings. The molecule has 2 fully saturated rings. The van der Waals surface area contributed by atoms with E-state index in [2.05, 4.69) is 24.1 Å². The Bertz CT molecular complexity index is 543. The van der Waals surface area contributed by atoms with E-state index in [4.69, 9.17) is 0 Å². The first-order valence-electron chi connectivity index (χ1n) is 8.57. The quantitative estimate of drug-likeness (QED) is 0.930. The summed E-state index contributed by atoms with van der Waals surface area (Å²) in [5.41, 5.74) is 2.67. The highest BCUT2D eigenvalue weighted by molar-refractivity contribution is 5.95. The number of nitrogens with zero attached hydrogens (tertiary/aromatic N) is 2. The monoisotopic (exact) mass is 301 g/mol. The standard InChI is InChI=1S/C18H27N3O/c1-12(2)17-7-6-16(13(3)19-17)18(22)21-10-8-15(9-11-21)20-14-4-5-14/h6-7,12,14-15,20H,4-5,8-11H2,1-3H3. The van der Waals surface area contributed by atoms with Crippen molar-refractivity contribution in [2.24, 2.45) is 0 Å². The molecule has 1 saturated carbocycles. The largest absolute Gasteiger partial charge is 0.338 e. The van der Waals surface area contributed by atoms with Crippen molar-refractivity contribution in [3.05, 3.63) is 29.1 Å². The van der Waals surface area contributed by atoms with Crippen molar-refractivity contribution in [3.8, 4) is 0 Å². The second kappa shape index (κ2) is 6.37. The van der Waals surface area contributed by atoms with Gasteiger partial charge in [-0.15, -0.1) is 0 Å². The van der Waals surface area contributed by atoms with E-state index in [-0.39, 0.29) is 5.91 Å². The molecule has 1 saturated heterocycles. The fourth-order valence-corrected chi connectivity index (χ4v) is 3.13. The number of pyridine rings is 1. The van der Waals surface area contributed by atoms with E-state index in [0.717, 1.165) is 48.9 Å². The van der Waals surface area contributed by atoms with Crippen LogP contribution in [0.2, 0.25) is 0 Å². The van der Waals surface area contributed by atoms with E-state index < -0.39 is 0 Å². The second-order valence-electron chi connectivity index (χ2n) is 7.03. The zero-order valence-electron chi connectivity index (χ0n) is 13.9. The Hall–Kier alpha value is -1.42. The molecule has 4 heteroatoms. The molecule has 0 bridgehead atoms. The Morgan fingerprint density at radius 2 is 1.82 bits per heavy atom. The van der Waals surface area contributed by atoms with Gasteiger partial charge < -0.3 is 10.2 Å². The number of nitrogens with one attached hydrogen (secondary N) is 1. The molecule has 0 radical (unpaired) electrons. The molecule has 2 heterocycles. The Labute approximate surface area is 133 Å². The zero-order valence-corrected chi connectivity index (χ0v) is 13.9. The third-order valence-electron chi connectivity index (χ3n) is 4.76. The number of hydrogen-bond donors (Lipinski definition) is 1. The average Bonchev–Trinajstić information content (AvgIpc) is 3.31. The van der Waals surface area contributed by atoms with Crippen molar-refractivity contribution >= 4 is 5.91 Å². The molecule has 1 aliphatic heterocycles. The van der Waals surface area contributed by atoms with E-state index in [1.165, 1.54) is 12.8 Å². The Morgan fingerprint density at radius 1 is 1.18 bits per heavy atom. The topological polar surface area (TPSA) is 45.2 Å². The van der Waals surface area contributed by atoms with Gasteiger partial charge in [-0.1, -0.05) is 13.8 Å². The third kappa shape index (κ3) is 3.49. The van der Waals surface area contributed by atoms with E-state index in [1.807, 2.05) is 24.0 Å². The van der Waals surface area contributed by atoms with Crippen LogP contribution in [0.25, 0.3) is 0 Å².